The highest BCUT2D eigenvalue weighted by atomic mass is 35.5. The summed E-state index contributed by atoms with van der Waals surface area (Å²) in [4.78, 5) is 17.9. The summed E-state index contributed by atoms with van der Waals surface area (Å²) in [5.74, 6) is -0.565. The number of halogens is 1. The highest BCUT2D eigenvalue weighted by molar-refractivity contribution is 7.15. The third-order valence-electron chi connectivity index (χ3n) is 3.43. The van der Waals surface area contributed by atoms with Gasteiger partial charge in [-0.1, -0.05) is 11.6 Å². The van der Waals surface area contributed by atoms with Crippen LogP contribution in [0, 0.1) is 6.92 Å². The second kappa shape index (κ2) is 4.65. The molecule has 1 N–H and O–H groups in total. The average molecular weight is 297 g/mol. The maximum Gasteiger partial charge on any atom is 0.312 e. The fraction of sp³-hybridized carbons (Fsp3) is 0.385. The summed E-state index contributed by atoms with van der Waals surface area (Å²) in [7, 11) is 0. The van der Waals surface area contributed by atoms with Gasteiger partial charge >= 0.3 is 5.97 Å². The first-order valence-electron chi connectivity index (χ1n) is 6.13. The van der Waals surface area contributed by atoms with Gasteiger partial charge in [0.1, 0.15) is 5.92 Å². The zero-order chi connectivity index (χ0) is 13.6. The van der Waals surface area contributed by atoms with Crippen LogP contribution in [0.4, 0.5) is 0 Å². The van der Waals surface area contributed by atoms with Crippen molar-refractivity contribution in [3.63, 3.8) is 0 Å². The predicted molar refractivity (Wildman–Crippen MR) is 74.9 cm³/mol. The number of imidazole rings is 1. The molecule has 1 unspecified atom stereocenters. The van der Waals surface area contributed by atoms with Crippen molar-refractivity contribution >= 4 is 28.9 Å². The molecule has 0 amide bonds. The Morgan fingerprint density at radius 2 is 2.37 bits per heavy atom. The van der Waals surface area contributed by atoms with Crippen LogP contribution >= 0.6 is 22.9 Å². The number of carbonyl (C=O) groups is 1. The van der Waals surface area contributed by atoms with Crippen molar-refractivity contribution in [3.8, 4) is 10.7 Å². The fourth-order valence-corrected chi connectivity index (χ4v) is 3.75. The number of carboxylic acid groups (broad SMARTS) is 1. The number of aliphatic carboxylic acids is 1. The second-order valence-electron chi connectivity index (χ2n) is 4.71. The van der Waals surface area contributed by atoms with Crippen molar-refractivity contribution in [2.45, 2.75) is 32.2 Å². The van der Waals surface area contributed by atoms with Gasteiger partial charge in [0.05, 0.1) is 10.6 Å². The van der Waals surface area contributed by atoms with Gasteiger partial charge in [0, 0.05) is 11.4 Å². The van der Waals surface area contributed by atoms with Gasteiger partial charge in [-0.15, -0.1) is 11.3 Å². The van der Waals surface area contributed by atoms with Crippen LogP contribution in [0.3, 0.4) is 0 Å². The third-order valence-corrected chi connectivity index (χ3v) is 4.70. The molecule has 1 aliphatic rings. The van der Waals surface area contributed by atoms with E-state index in [9.17, 15) is 9.90 Å². The number of fused-ring (bicyclic) bond motifs is 1. The molecule has 2 aromatic heterocycles. The van der Waals surface area contributed by atoms with Crippen molar-refractivity contribution in [1.82, 2.24) is 9.55 Å². The Hall–Kier alpha value is -1.33. The molecule has 6 heteroatoms. The van der Waals surface area contributed by atoms with Crippen LogP contribution < -0.4 is 0 Å². The second-order valence-corrected chi connectivity index (χ2v) is 6.35. The minimum Gasteiger partial charge on any atom is -0.481 e. The number of nitrogens with zero attached hydrogens (tertiary/aromatic N) is 2. The van der Waals surface area contributed by atoms with E-state index in [-0.39, 0.29) is 0 Å². The minimum atomic E-state index is -0.823. The Morgan fingerprint density at radius 3 is 3.00 bits per heavy atom. The van der Waals surface area contributed by atoms with Gasteiger partial charge < -0.3 is 9.67 Å². The lowest BCUT2D eigenvalue weighted by molar-refractivity contribution is -0.139. The van der Waals surface area contributed by atoms with E-state index in [2.05, 4.69) is 4.98 Å². The third kappa shape index (κ3) is 2.07. The predicted octanol–water partition coefficient (Wildman–Crippen LogP) is 3.54. The number of rotatable bonds is 2. The quantitative estimate of drug-likeness (QED) is 0.922. The Morgan fingerprint density at radius 1 is 1.58 bits per heavy atom. The summed E-state index contributed by atoms with van der Waals surface area (Å²) in [5, 5.41) is 9.62. The van der Waals surface area contributed by atoms with E-state index in [0.29, 0.717) is 17.3 Å². The first kappa shape index (κ1) is 12.7. The Balaban J connectivity index is 2.15. The summed E-state index contributed by atoms with van der Waals surface area (Å²) >= 11 is 7.81. The lowest BCUT2D eigenvalue weighted by atomic mass is 9.96. The Bertz CT molecular complexity index is 647. The summed E-state index contributed by atoms with van der Waals surface area (Å²) in [6, 6.07) is 4.05. The first-order chi connectivity index (χ1) is 9.08. The molecule has 4 nitrogen and oxygen atoms in total. The van der Waals surface area contributed by atoms with E-state index >= 15 is 0 Å². The van der Waals surface area contributed by atoms with E-state index in [1.54, 1.807) is 11.3 Å². The molecule has 2 aromatic rings. The van der Waals surface area contributed by atoms with Crippen molar-refractivity contribution in [1.29, 1.82) is 0 Å². The number of hydrogen-bond donors (Lipinski definition) is 1. The van der Waals surface area contributed by atoms with Crippen molar-refractivity contribution in [2.75, 3.05) is 0 Å². The number of hydrogen-bond acceptors (Lipinski definition) is 3. The molecule has 19 heavy (non-hydrogen) atoms. The van der Waals surface area contributed by atoms with Gasteiger partial charge in [-0.2, -0.15) is 0 Å². The van der Waals surface area contributed by atoms with Gasteiger partial charge in [0.15, 0.2) is 11.0 Å². The molecule has 0 saturated heterocycles. The van der Waals surface area contributed by atoms with Crippen LogP contribution in [-0.4, -0.2) is 20.6 Å². The van der Waals surface area contributed by atoms with Gasteiger partial charge in [-0.05, 0) is 31.9 Å². The molecule has 0 aliphatic carbocycles. The SMILES string of the molecule is Cc1ccc(-c2nc(Cl)c3n2CCCC3C(=O)O)s1. The normalized spacial score (nSPS) is 18.3. The summed E-state index contributed by atoms with van der Waals surface area (Å²) in [6.07, 6.45) is 1.47. The number of carboxylic acids is 1. The first-order valence-corrected chi connectivity index (χ1v) is 7.33. The standard InChI is InChI=1S/C13H13ClN2O2S/c1-7-4-5-9(19-7)12-15-11(14)10-8(13(17)18)3-2-6-16(10)12/h4-5,8H,2-3,6H2,1H3,(H,17,18). The zero-order valence-electron chi connectivity index (χ0n) is 10.4. The highest BCUT2D eigenvalue weighted by Gasteiger charge is 2.32. The Labute approximate surface area is 119 Å². The summed E-state index contributed by atoms with van der Waals surface area (Å²) in [6.45, 7) is 2.82. The summed E-state index contributed by atoms with van der Waals surface area (Å²) < 4.78 is 1.97. The number of thiophene rings is 1. The molecule has 1 aliphatic heterocycles. The highest BCUT2D eigenvalue weighted by Crippen LogP contribution is 2.38. The van der Waals surface area contributed by atoms with Crippen LogP contribution in [-0.2, 0) is 11.3 Å². The monoisotopic (exact) mass is 296 g/mol. The molecule has 0 radical (unpaired) electrons. The molecule has 1 atom stereocenters. The van der Waals surface area contributed by atoms with Crippen LogP contribution in [0.15, 0.2) is 12.1 Å². The molecule has 100 valence electrons. The van der Waals surface area contributed by atoms with E-state index in [1.165, 1.54) is 4.88 Å². The lowest BCUT2D eigenvalue weighted by Crippen LogP contribution is -2.22. The van der Waals surface area contributed by atoms with Crippen molar-refractivity contribution < 1.29 is 9.90 Å². The van der Waals surface area contributed by atoms with E-state index in [4.69, 9.17) is 11.6 Å². The van der Waals surface area contributed by atoms with Gasteiger partial charge in [0.25, 0.3) is 0 Å². The van der Waals surface area contributed by atoms with Crippen molar-refractivity contribution in [3.05, 3.63) is 27.9 Å². The molecule has 0 aromatic carbocycles. The lowest BCUT2D eigenvalue weighted by Gasteiger charge is -2.22. The largest absolute Gasteiger partial charge is 0.481 e. The van der Waals surface area contributed by atoms with Gasteiger partial charge in [0.2, 0.25) is 0 Å². The smallest absolute Gasteiger partial charge is 0.312 e. The zero-order valence-corrected chi connectivity index (χ0v) is 12.0. The topological polar surface area (TPSA) is 55.1 Å². The molecule has 3 rings (SSSR count). The molecular formula is C13H13ClN2O2S. The van der Waals surface area contributed by atoms with Crippen LogP contribution in [0.1, 0.15) is 29.3 Å². The molecule has 0 bridgehead atoms. The van der Waals surface area contributed by atoms with Crippen molar-refractivity contribution in [2.24, 2.45) is 0 Å². The maximum absolute atomic E-state index is 11.3. The molecule has 0 spiro atoms. The number of aryl methyl sites for hydroxylation is 1. The summed E-state index contributed by atoms with van der Waals surface area (Å²) in [5.41, 5.74) is 0.654. The van der Waals surface area contributed by atoms with E-state index in [0.717, 1.165) is 23.7 Å². The Kier molecular flexibility index (Phi) is 3.11. The van der Waals surface area contributed by atoms with Crippen LogP contribution in [0.25, 0.3) is 10.7 Å². The molecule has 0 fully saturated rings. The van der Waals surface area contributed by atoms with Gasteiger partial charge in [-0.3, -0.25) is 4.79 Å². The average Bonchev–Trinajstić information content (AvgIpc) is 2.94. The number of aromatic nitrogens is 2. The maximum atomic E-state index is 11.3. The molecular weight excluding hydrogens is 284 g/mol. The van der Waals surface area contributed by atoms with Crippen LogP contribution in [0.5, 0.6) is 0 Å². The van der Waals surface area contributed by atoms with E-state index < -0.39 is 11.9 Å². The minimum absolute atomic E-state index is 0.327. The van der Waals surface area contributed by atoms with E-state index in [1.807, 2.05) is 23.6 Å². The molecule has 3 heterocycles. The van der Waals surface area contributed by atoms with Gasteiger partial charge in [-0.25, -0.2) is 4.98 Å². The van der Waals surface area contributed by atoms with Crippen LogP contribution in [0.2, 0.25) is 5.15 Å². The fourth-order valence-electron chi connectivity index (χ4n) is 2.57. The molecule has 0 saturated carbocycles.